The fourth-order valence-corrected chi connectivity index (χ4v) is 3.29. The molecule has 1 heteroatoms. The highest BCUT2D eigenvalue weighted by atomic mass is 14.7. The highest BCUT2D eigenvalue weighted by molar-refractivity contribution is 5.86. The van der Waals surface area contributed by atoms with Crippen LogP contribution in [0.15, 0.2) is 24.4 Å². The van der Waals surface area contributed by atoms with Crippen molar-refractivity contribution >= 4 is 10.9 Å². The second-order valence-corrected chi connectivity index (χ2v) is 5.64. The first kappa shape index (κ1) is 11.7. The average molecular weight is 239 g/mol. The topological polar surface area (TPSA) is 12.9 Å². The molecule has 0 unspecified atom stereocenters. The van der Waals surface area contributed by atoms with Gasteiger partial charge in [-0.15, -0.1) is 0 Å². The fraction of sp³-hybridized carbons (Fsp3) is 0.471. The number of hydrogen-bond donors (Lipinski definition) is 0. The third-order valence-corrected chi connectivity index (χ3v) is 4.49. The van der Waals surface area contributed by atoms with Crippen molar-refractivity contribution in [3.63, 3.8) is 0 Å². The minimum absolute atomic E-state index is 0.732. The molecular formula is C17H21N. The summed E-state index contributed by atoms with van der Waals surface area (Å²) in [6.07, 6.45) is 8.79. The van der Waals surface area contributed by atoms with Gasteiger partial charge in [-0.1, -0.05) is 31.4 Å². The molecule has 0 radical (unpaired) electrons. The average Bonchev–Trinajstić information content (AvgIpc) is 2.44. The van der Waals surface area contributed by atoms with E-state index in [1.54, 1.807) is 0 Å². The molecule has 94 valence electrons. The van der Waals surface area contributed by atoms with E-state index >= 15 is 0 Å². The largest absolute Gasteiger partial charge is 0.256 e. The fourth-order valence-electron chi connectivity index (χ4n) is 3.29. The summed E-state index contributed by atoms with van der Waals surface area (Å²) in [5, 5.41) is 1.35. The molecule has 0 aliphatic heterocycles. The zero-order valence-electron chi connectivity index (χ0n) is 11.4. The van der Waals surface area contributed by atoms with Gasteiger partial charge in [-0.25, -0.2) is 0 Å². The SMILES string of the molecule is Cc1cc(C2CCCCC2)c2ncccc2c1C. The Hall–Kier alpha value is -1.37. The van der Waals surface area contributed by atoms with Crippen LogP contribution in [0.5, 0.6) is 0 Å². The number of aromatic nitrogens is 1. The molecule has 1 fully saturated rings. The summed E-state index contributed by atoms with van der Waals surface area (Å²) in [5.74, 6) is 0.732. The van der Waals surface area contributed by atoms with Gasteiger partial charge in [0.1, 0.15) is 0 Å². The quantitative estimate of drug-likeness (QED) is 0.689. The van der Waals surface area contributed by atoms with Crippen LogP contribution in [-0.2, 0) is 0 Å². The Balaban J connectivity index is 2.18. The zero-order chi connectivity index (χ0) is 12.5. The number of pyridine rings is 1. The van der Waals surface area contributed by atoms with Crippen LogP contribution in [0.3, 0.4) is 0 Å². The highest BCUT2D eigenvalue weighted by Crippen LogP contribution is 2.37. The van der Waals surface area contributed by atoms with Crippen LogP contribution >= 0.6 is 0 Å². The first-order valence-corrected chi connectivity index (χ1v) is 7.12. The Labute approximate surface area is 109 Å². The predicted molar refractivity (Wildman–Crippen MR) is 77.0 cm³/mol. The van der Waals surface area contributed by atoms with Gasteiger partial charge in [-0.3, -0.25) is 4.98 Å². The maximum atomic E-state index is 4.66. The van der Waals surface area contributed by atoms with E-state index in [-0.39, 0.29) is 0 Å². The molecule has 2 aromatic rings. The Kier molecular flexibility index (Phi) is 3.07. The van der Waals surface area contributed by atoms with Crippen molar-refractivity contribution in [2.24, 2.45) is 0 Å². The molecule has 3 rings (SSSR count). The monoisotopic (exact) mass is 239 g/mol. The van der Waals surface area contributed by atoms with E-state index in [9.17, 15) is 0 Å². The highest BCUT2D eigenvalue weighted by Gasteiger charge is 2.19. The van der Waals surface area contributed by atoms with Crippen LogP contribution in [0.2, 0.25) is 0 Å². The predicted octanol–water partition coefficient (Wildman–Crippen LogP) is 4.90. The number of aryl methyl sites for hydroxylation is 2. The molecular weight excluding hydrogens is 218 g/mol. The van der Waals surface area contributed by atoms with Crippen LogP contribution in [0.25, 0.3) is 10.9 Å². The van der Waals surface area contributed by atoms with Gasteiger partial charge in [0.2, 0.25) is 0 Å². The summed E-state index contributed by atoms with van der Waals surface area (Å²) in [6.45, 7) is 4.44. The lowest BCUT2D eigenvalue weighted by atomic mass is 9.82. The molecule has 1 aliphatic rings. The van der Waals surface area contributed by atoms with E-state index in [4.69, 9.17) is 0 Å². The van der Waals surface area contributed by atoms with Crippen LogP contribution in [0, 0.1) is 13.8 Å². The van der Waals surface area contributed by atoms with E-state index in [2.05, 4.69) is 37.0 Å². The molecule has 18 heavy (non-hydrogen) atoms. The summed E-state index contributed by atoms with van der Waals surface area (Å²) in [4.78, 5) is 4.66. The van der Waals surface area contributed by atoms with E-state index in [1.165, 1.54) is 59.7 Å². The number of fused-ring (bicyclic) bond motifs is 1. The molecule has 0 amide bonds. The Bertz CT molecular complexity index is 565. The second kappa shape index (κ2) is 4.72. The molecule has 1 nitrogen and oxygen atoms in total. The lowest BCUT2D eigenvalue weighted by Crippen LogP contribution is -2.06. The van der Waals surface area contributed by atoms with Crippen molar-refractivity contribution in [1.29, 1.82) is 0 Å². The molecule has 0 atom stereocenters. The molecule has 1 heterocycles. The molecule has 0 bridgehead atoms. The second-order valence-electron chi connectivity index (χ2n) is 5.64. The molecule has 1 aromatic carbocycles. The van der Waals surface area contributed by atoms with Gasteiger partial charge in [0.25, 0.3) is 0 Å². The Morgan fingerprint density at radius 2 is 1.89 bits per heavy atom. The van der Waals surface area contributed by atoms with Crippen molar-refractivity contribution in [2.75, 3.05) is 0 Å². The van der Waals surface area contributed by atoms with E-state index < -0.39 is 0 Å². The third-order valence-electron chi connectivity index (χ3n) is 4.49. The van der Waals surface area contributed by atoms with Gasteiger partial charge in [0.15, 0.2) is 0 Å². The van der Waals surface area contributed by atoms with Gasteiger partial charge in [0, 0.05) is 11.6 Å². The summed E-state index contributed by atoms with van der Waals surface area (Å²) in [7, 11) is 0. The van der Waals surface area contributed by atoms with E-state index in [1.807, 2.05) is 6.20 Å². The number of nitrogens with zero attached hydrogens (tertiary/aromatic N) is 1. The standard InChI is InChI=1S/C17H21N/c1-12-11-16(14-7-4-3-5-8-14)17-15(13(12)2)9-6-10-18-17/h6,9-11,14H,3-5,7-8H2,1-2H3. The first-order valence-electron chi connectivity index (χ1n) is 7.12. The minimum atomic E-state index is 0.732. The Morgan fingerprint density at radius 1 is 1.11 bits per heavy atom. The summed E-state index contributed by atoms with van der Waals surface area (Å²) in [6, 6.07) is 6.66. The maximum absolute atomic E-state index is 4.66. The number of benzene rings is 1. The minimum Gasteiger partial charge on any atom is -0.256 e. The lowest BCUT2D eigenvalue weighted by molar-refractivity contribution is 0.445. The van der Waals surface area contributed by atoms with Crippen molar-refractivity contribution in [3.05, 3.63) is 41.1 Å². The number of hydrogen-bond acceptors (Lipinski definition) is 1. The molecule has 1 aliphatic carbocycles. The lowest BCUT2D eigenvalue weighted by Gasteiger charge is -2.24. The van der Waals surface area contributed by atoms with Gasteiger partial charge in [-0.2, -0.15) is 0 Å². The molecule has 0 spiro atoms. The summed E-state index contributed by atoms with van der Waals surface area (Å²) >= 11 is 0. The summed E-state index contributed by atoms with van der Waals surface area (Å²) < 4.78 is 0. The van der Waals surface area contributed by atoms with E-state index in [0.717, 1.165) is 5.92 Å². The van der Waals surface area contributed by atoms with Crippen LogP contribution in [0.4, 0.5) is 0 Å². The molecule has 0 N–H and O–H groups in total. The smallest absolute Gasteiger partial charge is 0.0739 e. The van der Waals surface area contributed by atoms with Gasteiger partial charge in [0.05, 0.1) is 5.52 Å². The van der Waals surface area contributed by atoms with Crippen molar-refractivity contribution in [2.45, 2.75) is 51.9 Å². The summed E-state index contributed by atoms with van der Waals surface area (Å²) in [5.41, 5.74) is 5.54. The third kappa shape index (κ3) is 1.92. The van der Waals surface area contributed by atoms with Crippen molar-refractivity contribution in [3.8, 4) is 0 Å². The van der Waals surface area contributed by atoms with Crippen LogP contribution < -0.4 is 0 Å². The van der Waals surface area contributed by atoms with Crippen LogP contribution in [-0.4, -0.2) is 4.98 Å². The molecule has 1 aromatic heterocycles. The van der Waals surface area contributed by atoms with Crippen molar-refractivity contribution < 1.29 is 0 Å². The number of rotatable bonds is 1. The maximum Gasteiger partial charge on any atom is 0.0739 e. The molecule has 0 saturated heterocycles. The normalized spacial score (nSPS) is 17.2. The van der Waals surface area contributed by atoms with Gasteiger partial charge < -0.3 is 0 Å². The van der Waals surface area contributed by atoms with Gasteiger partial charge in [-0.05, 0) is 55.4 Å². The van der Waals surface area contributed by atoms with Crippen LogP contribution in [0.1, 0.15) is 54.7 Å². The molecule has 1 saturated carbocycles. The Morgan fingerprint density at radius 3 is 2.67 bits per heavy atom. The first-order chi connectivity index (χ1) is 8.77. The van der Waals surface area contributed by atoms with E-state index in [0.29, 0.717) is 0 Å². The van der Waals surface area contributed by atoms with Gasteiger partial charge >= 0.3 is 0 Å². The van der Waals surface area contributed by atoms with Crippen molar-refractivity contribution in [1.82, 2.24) is 4.98 Å². The zero-order valence-corrected chi connectivity index (χ0v) is 11.4.